The van der Waals surface area contributed by atoms with Crippen LogP contribution < -0.4 is 19.7 Å². The van der Waals surface area contributed by atoms with Gasteiger partial charge in [-0.25, -0.2) is 0 Å². The first-order chi connectivity index (χ1) is 13.8. The highest BCUT2D eigenvalue weighted by atomic mass is 35.5. The molecule has 1 aliphatic heterocycles. The summed E-state index contributed by atoms with van der Waals surface area (Å²) in [7, 11) is 1.55. The van der Waals surface area contributed by atoms with Crippen molar-refractivity contribution in [2.75, 3.05) is 12.0 Å². The second-order valence-corrected chi connectivity index (χ2v) is 7.31. The minimum absolute atomic E-state index is 0.0148. The highest BCUT2D eigenvalue weighted by molar-refractivity contribution is 7.80. The lowest BCUT2D eigenvalue weighted by atomic mass is 10.1. The minimum atomic E-state index is -0.566. The fraction of sp³-hybridized carbons (Fsp3) is 0.190. The molecular formula is C21H19ClN2O4S. The lowest BCUT2D eigenvalue weighted by molar-refractivity contribution is -0.122. The van der Waals surface area contributed by atoms with Crippen LogP contribution in [0.1, 0.15) is 19.4 Å². The molecule has 2 aromatic carbocycles. The number of carbonyl (C=O) groups excluding carboxylic acids is 2. The normalized spacial score (nSPS) is 15.7. The van der Waals surface area contributed by atoms with Crippen LogP contribution in [0.25, 0.3) is 6.08 Å². The van der Waals surface area contributed by atoms with Gasteiger partial charge in [0, 0.05) is 0 Å². The van der Waals surface area contributed by atoms with Crippen molar-refractivity contribution in [1.82, 2.24) is 5.32 Å². The Morgan fingerprint density at radius 3 is 2.41 bits per heavy atom. The maximum absolute atomic E-state index is 13.0. The Morgan fingerprint density at radius 2 is 1.83 bits per heavy atom. The van der Waals surface area contributed by atoms with Gasteiger partial charge >= 0.3 is 0 Å². The van der Waals surface area contributed by atoms with Crippen molar-refractivity contribution in [2.45, 2.75) is 20.0 Å². The summed E-state index contributed by atoms with van der Waals surface area (Å²) in [6.45, 7) is 3.79. The molecule has 1 saturated heterocycles. The van der Waals surface area contributed by atoms with Gasteiger partial charge in [0.1, 0.15) is 17.1 Å². The molecule has 2 amide bonds. The quantitative estimate of drug-likeness (QED) is 0.441. The van der Waals surface area contributed by atoms with Crippen LogP contribution in [-0.2, 0) is 9.59 Å². The topological polar surface area (TPSA) is 67.9 Å². The highest BCUT2D eigenvalue weighted by Crippen LogP contribution is 2.29. The van der Waals surface area contributed by atoms with Crippen LogP contribution in [0, 0.1) is 0 Å². The van der Waals surface area contributed by atoms with Gasteiger partial charge in [0.2, 0.25) is 0 Å². The molecule has 1 heterocycles. The van der Waals surface area contributed by atoms with Gasteiger partial charge in [0.25, 0.3) is 11.8 Å². The Balaban J connectivity index is 1.93. The van der Waals surface area contributed by atoms with Crippen molar-refractivity contribution in [3.05, 3.63) is 58.6 Å². The summed E-state index contributed by atoms with van der Waals surface area (Å²) in [4.78, 5) is 26.7. The molecule has 1 aliphatic rings. The summed E-state index contributed by atoms with van der Waals surface area (Å²) in [5, 5.41) is 2.95. The number of amides is 2. The van der Waals surface area contributed by atoms with Crippen molar-refractivity contribution in [2.24, 2.45) is 0 Å². The lowest BCUT2D eigenvalue weighted by Crippen LogP contribution is -2.54. The molecule has 0 atom stereocenters. The second kappa shape index (κ2) is 8.63. The lowest BCUT2D eigenvalue weighted by Gasteiger charge is -2.29. The monoisotopic (exact) mass is 430 g/mol. The molecule has 2 aromatic rings. The molecule has 1 fully saturated rings. The third kappa shape index (κ3) is 4.58. The zero-order valence-corrected chi connectivity index (χ0v) is 17.6. The fourth-order valence-corrected chi connectivity index (χ4v) is 3.26. The molecule has 29 heavy (non-hydrogen) atoms. The number of carbonyl (C=O) groups is 2. The zero-order chi connectivity index (χ0) is 21.1. The van der Waals surface area contributed by atoms with E-state index < -0.39 is 11.8 Å². The maximum atomic E-state index is 13.0. The smallest absolute Gasteiger partial charge is 0.270 e. The van der Waals surface area contributed by atoms with Crippen molar-refractivity contribution < 1.29 is 19.1 Å². The third-order valence-electron chi connectivity index (χ3n) is 4.06. The van der Waals surface area contributed by atoms with E-state index in [0.29, 0.717) is 27.8 Å². The zero-order valence-electron chi connectivity index (χ0n) is 16.1. The summed E-state index contributed by atoms with van der Waals surface area (Å²) in [6, 6.07) is 11.8. The SMILES string of the molecule is COc1ccc(N2C(=O)/C(=C\c3ccc(OC(C)C)c(Cl)c3)C(=O)NC2=S)cc1. The standard InChI is InChI=1S/C21H19ClN2O4S/c1-12(2)28-18-9-4-13(11-17(18)22)10-16-19(25)23-21(29)24(20(16)26)14-5-7-15(27-3)8-6-14/h4-12H,1-3H3,(H,23,25,29)/b16-10-. The molecule has 0 aromatic heterocycles. The van der Waals surface area contributed by atoms with Crippen LogP contribution >= 0.6 is 23.8 Å². The predicted octanol–water partition coefficient (Wildman–Crippen LogP) is 3.97. The summed E-state index contributed by atoms with van der Waals surface area (Å²) in [6.07, 6.45) is 1.45. The first-order valence-electron chi connectivity index (χ1n) is 8.82. The summed E-state index contributed by atoms with van der Waals surface area (Å²) >= 11 is 11.5. The van der Waals surface area contributed by atoms with Crippen LogP contribution in [0.3, 0.4) is 0 Å². The van der Waals surface area contributed by atoms with Crippen LogP contribution in [0.2, 0.25) is 5.02 Å². The molecule has 6 nitrogen and oxygen atoms in total. The van der Waals surface area contributed by atoms with E-state index in [1.165, 1.54) is 11.0 Å². The van der Waals surface area contributed by atoms with E-state index in [1.807, 2.05) is 13.8 Å². The number of nitrogens with one attached hydrogen (secondary N) is 1. The van der Waals surface area contributed by atoms with Crippen molar-refractivity contribution in [3.8, 4) is 11.5 Å². The average molecular weight is 431 g/mol. The molecule has 0 bridgehead atoms. The fourth-order valence-electron chi connectivity index (χ4n) is 2.75. The Labute approximate surface area is 179 Å². The predicted molar refractivity (Wildman–Crippen MR) is 116 cm³/mol. The number of rotatable bonds is 5. The molecule has 8 heteroatoms. The number of ether oxygens (including phenoxy) is 2. The van der Waals surface area contributed by atoms with Crippen LogP contribution in [-0.4, -0.2) is 30.1 Å². The molecule has 0 saturated carbocycles. The summed E-state index contributed by atoms with van der Waals surface area (Å²) in [5.74, 6) is 0.0810. The molecule has 0 spiro atoms. The molecule has 0 unspecified atom stereocenters. The molecule has 0 aliphatic carbocycles. The third-order valence-corrected chi connectivity index (χ3v) is 4.64. The van der Waals surface area contributed by atoms with Crippen molar-refractivity contribution in [1.29, 1.82) is 0 Å². The first-order valence-corrected chi connectivity index (χ1v) is 9.60. The largest absolute Gasteiger partial charge is 0.497 e. The van der Waals surface area contributed by atoms with E-state index in [-0.39, 0.29) is 16.8 Å². The maximum Gasteiger partial charge on any atom is 0.270 e. The van der Waals surface area contributed by atoms with E-state index in [9.17, 15) is 9.59 Å². The molecule has 1 N–H and O–H groups in total. The van der Waals surface area contributed by atoms with Gasteiger partial charge in [-0.3, -0.25) is 19.8 Å². The molecular weight excluding hydrogens is 412 g/mol. The van der Waals surface area contributed by atoms with Gasteiger partial charge in [0.05, 0.1) is 23.9 Å². The Kier molecular flexibility index (Phi) is 6.20. The molecule has 3 rings (SSSR count). The summed E-state index contributed by atoms with van der Waals surface area (Å²) in [5.41, 5.74) is 1.06. The Hall–Kier alpha value is -2.90. The molecule has 0 radical (unpaired) electrons. The second-order valence-electron chi connectivity index (χ2n) is 6.51. The van der Waals surface area contributed by atoms with Gasteiger partial charge < -0.3 is 9.47 Å². The number of methoxy groups -OCH3 is 1. The number of thiocarbonyl (C=S) groups is 1. The van der Waals surface area contributed by atoms with Gasteiger partial charge in [-0.15, -0.1) is 0 Å². The van der Waals surface area contributed by atoms with E-state index in [4.69, 9.17) is 33.3 Å². The van der Waals surface area contributed by atoms with Crippen LogP contribution in [0.15, 0.2) is 48.0 Å². The van der Waals surface area contributed by atoms with Gasteiger partial charge in [-0.1, -0.05) is 17.7 Å². The Morgan fingerprint density at radius 1 is 1.14 bits per heavy atom. The van der Waals surface area contributed by atoms with Gasteiger partial charge in [-0.2, -0.15) is 0 Å². The number of nitrogens with zero attached hydrogens (tertiary/aromatic N) is 1. The van der Waals surface area contributed by atoms with Crippen molar-refractivity contribution >= 4 is 52.5 Å². The Bertz CT molecular complexity index is 1000. The first kappa shape index (κ1) is 20.8. The highest BCUT2D eigenvalue weighted by Gasteiger charge is 2.34. The van der Waals surface area contributed by atoms with E-state index >= 15 is 0 Å². The van der Waals surface area contributed by atoms with Gasteiger partial charge in [0.15, 0.2) is 5.11 Å². The van der Waals surface area contributed by atoms with Crippen molar-refractivity contribution in [3.63, 3.8) is 0 Å². The van der Waals surface area contributed by atoms with E-state index in [1.54, 1.807) is 49.6 Å². The minimum Gasteiger partial charge on any atom is -0.497 e. The number of hydrogen-bond donors (Lipinski definition) is 1. The van der Waals surface area contributed by atoms with Crippen LogP contribution in [0.4, 0.5) is 5.69 Å². The average Bonchev–Trinajstić information content (AvgIpc) is 2.67. The van der Waals surface area contributed by atoms with E-state index in [0.717, 1.165) is 0 Å². The summed E-state index contributed by atoms with van der Waals surface area (Å²) < 4.78 is 10.7. The van der Waals surface area contributed by atoms with Gasteiger partial charge in [-0.05, 0) is 74.1 Å². The number of anilines is 1. The number of benzene rings is 2. The molecule has 150 valence electrons. The number of hydrogen-bond acceptors (Lipinski definition) is 5. The van der Waals surface area contributed by atoms with E-state index in [2.05, 4.69) is 5.32 Å². The van der Waals surface area contributed by atoms with Crippen LogP contribution in [0.5, 0.6) is 11.5 Å². The number of halogens is 1.